The zero-order chi connectivity index (χ0) is 20.1. The number of nitrogens with zero attached hydrogens (tertiary/aromatic N) is 1. The van der Waals surface area contributed by atoms with Crippen LogP contribution in [-0.4, -0.2) is 36.4 Å². The molecule has 148 valence electrons. The highest BCUT2D eigenvalue weighted by atomic mass is 19.3. The topological polar surface area (TPSA) is 58.6 Å². The van der Waals surface area contributed by atoms with Gasteiger partial charge in [0.15, 0.2) is 0 Å². The average Bonchev–Trinajstić information content (AvgIpc) is 3.19. The lowest BCUT2D eigenvalue weighted by molar-refractivity contribution is -0.115. The van der Waals surface area contributed by atoms with Crippen molar-refractivity contribution < 1.29 is 23.1 Å². The molecule has 0 bridgehead atoms. The number of alkyl halides is 2. The second-order valence-corrected chi connectivity index (χ2v) is 6.72. The Morgan fingerprint density at radius 2 is 1.79 bits per heavy atom. The third kappa shape index (κ3) is 4.85. The summed E-state index contributed by atoms with van der Waals surface area (Å²) in [4.78, 5) is 26.9. The van der Waals surface area contributed by atoms with E-state index in [9.17, 15) is 18.4 Å². The van der Waals surface area contributed by atoms with Gasteiger partial charge in [0, 0.05) is 24.3 Å². The average molecular weight is 388 g/mol. The van der Waals surface area contributed by atoms with Crippen LogP contribution in [0.1, 0.15) is 34.3 Å². The third-order valence-electron chi connectivity index (χ3n) is 4.74. The fraction of sp³-hybridized carbons (Fsp3) is 0.333. The minimum atomic E-state index is -2.88. The van der Waals surface area contributed by atoms with Crippen molar-refractivity contribution in [2.75, 3.05) is 18.4 Å². The van der Waals surface area contributed by atoms with Crippen LogP contribution in [0.3, 0.4) is 0 Å². The molecular formula is C21H22F2N2O3. The van der Waals surface area contributed by atoms with E-state index in [1.54, 1.807) is 30.3 Å². The normalized spacial score (nSPS) is 13.6. The van der Waals surface area contributed by atoms with Crippen molar-refractivity contribution in [1.82, 2.24) is 4.90 Å². The number of halogens is 2. The Balaban J connectivity index is 1.65. The minimum Gasteiger partial charge on any atom is -0.435 e. The van der Waals surface area contributed by atoms with Crippen LogP contribution in [0, 0.1) is 6.92 Å². The summed E-state index contributed by atoms with van der Waals surface area (Å²) in [5.41, 5.74) is 2.58. The molecule has 0 aromatic heterocycles. The Hall–Kier alpha value is -2.96. The van der Waals surface area contributed by atoms with E-state index >= 15 is 0 Å². The number of hydrogen-bond acceptors (Lipinski definition) is 3. The first-order chi connectivity index (χ1) is 13.4. The predicted molar refractivity (Wildman–Crippen MR) is 102 cm³/mol. The van der Waals surface area contributed by atoms with Crippen molar-refractivity contribution >= 4 is 17.5 Å². The summed E-state index contributed by atoms with van der Waals surface area (Å²) in [6, 6.07) is 11.2. The second-order valence-electron chi connectivity index (χ2n) is 6.72. The maximum atomic E-state index is 12.7. The van der Waals surface area contributed by atoms with Crippen LogP contribution in [0.25, 0.3) is 0 Å². The molecule has 1 aliphatic rings. The van der Waals surface area contributed by atoms with E-state index in [1.165, 1.54) is 12.1 Å². The Labute approximate surface area is 162 Å². The Kier molecular flexibility index (Phi) is 6.23. The highest BCUT2D eigenvalue weighted by Gasteiger charge is 2.22. The third-order valence-corrected chi connectivity index (χ3v) is 4.74. The van der Waals surface area contributed by atoms with Gasteiger partial charge >= 0.3 is 6.61 Å². The largest absolute Gasteiger partial charge is 0.435 e. The van der Waals surface area contributed by atoms with Gasteiger partial charge in [-0.3, -0.25) is 9.59 Å². The number of likely N-dealkylation sites (tertiary alicyclic amines) is 1. The molecule has 0 unspecified atom stereocenters. The number of amides is 2. The maximum Gasteiger partial charge on any atom is 0.387 e. The van der Waals surface area contributed by atoms with Crippen LogP contribution < -0.4 is 10.1 Å². The van der Waals surface area contributed by atoms with Gasteiger partial charge in [0.2, 0.25) is 5.91 Å². The molecule has 1 N–H and O–H groups in total. The van der Waals surface area contributed by atoms with Crippen LogP contribution in [-0.2, 0) is 11.2 Å². The van der Waals surface area contributed by atoms with Crippen LogP contribution in [0.15, 0.2) is 42.5 Å². The highest BCUT2D eigenvalue weighted by Crippen LogP contribution is 2.23. The molecule has 3 rings (SSSR count). The number of rotatable bonds is 6. The van der Waals surface area contributed by atoms with E-state index in [1.807, 2.05) is 11.8 Å². The molecule has 1 fully saturated rings. The number of benzene rings is 2. The van der Waals surface area contributed by atoms with Crippen molar-refractivity contribution in [1.29, 1.82) is 0 Å². The predicted octanol–water partition coefficient (Wildman–Crippen LogP) is 4.01. The molecule has 2 amide bonds. The van der Waals surface area contributed by atoms with E-state index in [4.69, 9.17) is 0 Å². The zero-order valence-corrected chi connectivity index (χ0v) is 15.6. The number of carbonyl (C=O) groups excluding carboxylic acids is 2. The Bertz CT molecular complexity index is 847. The molecule has 1 heterocycles. The van der Waals surface area contributed by atoms with Gasteiger partial charge in [-0.2, -0.15) is 8.78 Å². The van der Waals surface area contributed by atoms with E-state index in [-0.39, 0.29) is 24.0 Å². The molecule has 1 aliphatic heterocycles. The van der Waals surface area contributed by atoms with Crippen LogP contribution in [0.5, 0.6) is 5.75 Å². The SMILES string of the molecule is Cc1c(NC(=O)Cc2ccc(OC(F)F)cc2)cccc1C(=O)N1CCCC1. The first-order valence-electron chi connectivity index (χ1n) is 9.16. The molecule has 5 nitrogen and oxygen atoms in total. The number of ether oxygens (including phenoxy) is 1. The smallest absolute Gasteiger partial charge is 0.387 e. The molecule has 2 aromatic carbocycles. The van der Waals surface area contributed by atoms with E-state index < -0.39 is 6.61 Å². The molecular weight excluding hydrogens is 366 g/mol. The summed E-state index contributed by atoms with van der Waals surface area (Å²) >= 11 is 0. The van der Waals surface area contributed by atoms with E-state index in [2.05, 4.69) is 10.1 Å². The number of carbonyl (C=O) groups is 2. The number of nitrogens with one attached hydrogen (secondary N) is 1. The fourth-order valence-electron chi connectivity index (χ4n) is 3.26. The van der Waals surface area contributed by atoms with Crippen LogP contribution in [0.4, 0.5) is 14.5 Å². The molecule has 1 saturated heterocycles. The maximum absolute atomic E-state index is 12.7. The van der Waals surface area contributed by atoms with Crippen molar-refractivity contribution in [2.45, 2.75) is 32.8 Å². The first kappa shape index (κ1) is 19.8. The quantitative estimate of drug-likeness (QED) is 0.813. The lowest BCUT2D eigenvalue weighted by atomic mass is 10.0. The Morgan fingerprint density at radius 1 is 1.11 bits per heavy atom. The second kappa shape index (κ2) is 8.82. The molecule has 0 spiro atoms. The molecule has 28 heavy (non-hydrogen) atoms. The summed E-state index contributed by atoms with van der Waals surface area (Å²) in [5.74, 6) is -0.222. The monoisotopic (exact) mass is 388 g/mol. The summed E-state index contributed by atoms with van der Waals surface area (Å²) in [7, 11) is 0. The van der Waals surface area contributed by atoms with Gasteiger partial charge in [-0.25, -0.2) is 0 Å². The first-order valence-corrected chi connectivity index (χ1v) is 9.16. The van der Waals surface area contributed by atoms with Gasteiger partial charge in [0.25, 0.3) is 5.91 Å². The molecule has 7 heteroatoms. The van der Waals surface area contributed by atoms with Crippen molar-refractivity contribution in [2.24, 2.45) is 0 Å². The fourth-order valence-corrected chi connectivity index (χ4v) is 3.26. The zero-order valence-electron chi connectivity index (χ0n) is 15.6. The van der Waals surface area contributed by atoms with Gasteiger partial charge in [0.1, 0.15) is 5.75 Å². The highest BCUT2D eigenvalue weighted by molar-refractivity contribution is 5.99. The summed E-state index contributed by atoms with van der Waals surface area (Å²) in [5, 5.41) is 2.83. The van der Waals surface area contributed by atoms with E-state index in [0.29, 0.717) is 16.8 Å². The van der Waals surface area contributed by atoms with Gasteiger partial charge < -0.3 is 15.0 Å². The number of hydrogen-bond donors (Lipinski definition) is 1. The van der Waals surface area contributed by atoms with Crippen molar-refractivity contribution in [3.63, 3.8) is 0 Å². The molecule has 0 atom stereocenters. The van der Waals surface area contributed by atoms with Crippen LogP contribution in [0.2, 0.25) is 0 Å². The van der Waals surface area contributed by atoms with Gasteiger partial charge in [-0.05, 0) is 55.2 Å². The van der Waals surface area contributed by atoms with Crippen molar-refractivity contribution in [3.8, 4) is 5.75 Å². The molecule has 0 radical (unpaired) electrons. The molecule has 2 aromatic rings. The summed E-state index contributed by atoms with van der Waals surface area (Å²) in [6.07, 6.45) is 2.11. The summed E-state index contributed by atoms with van der Waals surface area (Å²) in [6.45, 7) is 0.461. The Morgan fingerprint density at radius 3 is 2.43 bits per heavy atom. The number of anilines is 1. The summed E-state index contributed by atoms with van der Waals surface area (Å²) < 4.78 is 28.7. The van der Waals surface area contributed by atoms with Gasteiger partial charge in [-0.1, -0.05) is 18.2 Å². The van der Waals surface area contributed by atoms with E-state index in [0.717, 1.165) is 31.5 Å². The lowest BCUT2D eigenvalue weighted by Crippen LogP contribution is -2.28. The lowest BCUT2D eigenvalue weighted by Gasteiger charge is -2.18. The molecule has 0 aliphatic carbocycles. The van der Waals surface area contributed by atoms with Gasteiger partial charge in [0.05, 0.1) is 6.42 Å². The van der Waals surface area contributed by atoms with Crippen LogP contribution >= 0.6 is 0 Å². The molecule has 0 saturated carbocycles. The van der Waals surface area contributed by atoms with Gasteiger partial charge in [-0.15, -0.1) is 0 Å². The van der Waals surface area contributed by atoms with Crippen molar-refractivity contribution in [3.05, 3.63) is 59.2 Å². The standard InChI is InChI=1S/C21H22F2N2O3/c1-14-17(20(27)25-11-2-3-12-25)5-4-6-18(14)24-19(26)13-15-7-9-16(10-8-15)28-21(22)23/h4-10,21H,2-3,11-13H2,1H3,(H,24,26). The minimum absolute atomic E-state index is 0.0132.